The lowest BCUT2D eigenvalue weighted by atomic mass is 10.2. The zero-order valence-corrected chi connectivity index (χ0v) is 14.6. The summed E-state index contributed by atoms with van der Waals surface area (Å²) < 4.78 is 29.0. The number of sulfonamides is 1. The molecule has 0 fully saturated rings. The van der Waals surface area contributed by atoms with Crippen LogP contribution in [0.15, 0.2) is 53.4 Å². The van der Waals surface area contributed by atoms with Crippen LogP contribution in [0, 0.1) is 13.8 Å². The molecule has 0 radical (unpaired) electrons. The third-order valence-electron chi connectivity index (χ3n) is 4.23. The Labute approximate surface area is 137 Å². The number of aryl methyl sites for hydroxylation is 3. The molecule has 3 rings (SSSR count). The van der Waals surface area contributed by atoms with Crippen LogP contribution in [0.25, 0.3) is 10.9 Å². The van der Waals surface area contributed by atoms with Crippen LogP contribution in [0.2, 0.25) is 0 Å². The lowest BCUT2D eigenvalue weighted by molar-refractivity contribution is 0.593. The van der Waals surface area contributed by atoms with Crippen molar-refractivity contribution in [2.45, 2.75) is 18.7 Å². The standard InChI is InChI=1S/C18H20N2O2S/c1-13-8-10-16(11-9-13)23(21,22)20(4)17-12-15-7-5-6-14(2)18(15)19(17)3/h5-12H,1-4H3. The van der Waals surface area contributed by atoms with Crippen molar-refractivity contribution in [1.29, 1.82) is 0 Å². The van der Waals surface area contributed by atoms with Crippen molar-refractivity contribution in [3.05, 3.63) is 59.7 Å². The highest BCUT2D eigenvalue weighted by molar-refractivity contribution is 7.92. The maximum atomic E-state index is 12.9. The number of hydrogen-bond acceptors (Lipinski definition) is 2. The minimum absolute atomic E-state index is 0.299. The first-order valence-electron chi connectivity index (χ1n) is 7.43. The molecule has 0 N–H and O–H groups in total. The highest BCUT2D eigenvalue weighted by Crippen LogP contribution is 2.30. The largest absolute Gasteiger partial charge is 0.330 e. The molecule has 1 aromatic heterocycles. The molecule has 0 amide bonds. The van der Waals surface area contributed by atoms with Gasteiger partial charge < -0.3 is 4.57 Å². The Kier molecular flexibility index (Phi) is 3.68. The molecule has 5 heteroatoms. The Morgan fingerprint density at radius 1 is 1.00 bits per heavy atom. The van der Waals surface area contributed by atoms with Crippen LogP contribution in [0.3, 0.4) is 0 Å². The number of nitrogens with zero attached hydrogens (tertiary/aromatic N) is 2. The highest BCUT2D eigenvalue weighted by atomic mass is 32.2. The average molecular weight is 328 g/mol. The van der Waals surface area contributed by atoms with E-state index in [1.807, 2.05) is 61.9 Å². The summed E-state index contributed by atoms with van der Waals surface area (Å²) in [6, 6.07) is 14.8. The first kappa shape index (κ1) is 15.6. The van der Waals surface area contributed by atoms with Gasteiger partial charge in [0, 0.05) is 19.5 Å². The maximum Gasteiger partial charge on any atom is 0.265 e. The summed E-state index contributed by atoms with van der Waals surface area (Å²) in [4.78, 5) is 0.299. The van der Waals surface area contributed by atoms with Crippen molar-refractivity contribution in [1.82, 2.24) is 4.57 Å². The van der Waals surface area contributed by atoms with E-state index in [4.69, 9.17) is 0 Å². The smallest absolute Gasteiger partial charge is 0.265 e. The fraction of sp³-hybridized carbons (Fsp3) is 0.222. The molecule has 0 aliphatic carbocycles. The lowest BCUT2D eigenvalue weighted by Crippen LogP contribution is -2.28. The monoisotopic (exact) mass is 328 g/mol. The molecular weight excluding hydrogens is 308 g/mol. The predicted molar refractivity (Wildman–Crippen MR) is 94.4 cm³/mol. The summed E-state index contributed by atoms with van der Waals surface area (Å²) in [5.41, 5.74) is 3.21. The topological polar surface area (TPSA) is 42.3 Å². The van der Waals surface area contributed by atoms with Crippen LogP contribution in [-0.2, 0) is 17.1 Å². The van der Waals surface area contributed by atoms with Crippen molar-refractivity contribution >= 4 is 26.7 Å². The minimum atomic E-state index is -3.58. The third-order valence-corrected chi connectivity index (χ3v) is 6.01. The van der Waals surface area contributed by atoms with Crippen molar-refractivity contribution in [3.63, 3.8) is 0 Å². The van der Waals surface area contributed by atoms with Crippen LogP contribution < -0.4 is 4.31 Å². The summed E-state index contributed by atoms with van der Waals surface area (Å²) in [7, 11) is -0.0886. The Bertz CT molecular complexity index is 970. The van der Waals surface area contributed by atoms with Crippen LogP contribution >= 0.6 is 0 Å². The molecule has 2 aromatic carbocycles. The molecule has 0 saturated heterocycles. The van der Waals surface area contributed by atoms with Crippen molar-refractivity contribution in [3.8, 4) is 0 Å². The SMILES string of the molecule is Cc1ccc(S(=O)(=O)N(C)c2cc3cccc(C)c3n2C)cc1. The Balaban J connectivity index is 2.13. The fourth-order valence-corrected chi connectivity index (χ4v) is 4.12. The van der Waals surface area contributed by atoms with Crippen molar-refractivity contribution in [2.75, 3.05) is 11.4 Å². The van der Waals surface area contributed by atoms with Gasteiger partial charge in [0.1, 0.15) is 5.82 Å². The number of aromatic nitrogens is 1. The fourth-order valence-electron chi connectivity index (χ4n) is 2.90. The molecule has 0 atom stereocenters. The van der Waals surface area contributed by atoms with Gasteiger partial charge in [-0.25, -0.2) is 8.42 Å². The molecule has 120 valence electrons. The van der Waals surface area contributed by atoms with E-state index in [9.17, 15) is 8.42 Å². The molecule has 0 spiro atoms. The third kappa shape index (κ3) is 2.51. The van der Waals surface area contributed by atoms with Gasteiger partial charge in [-0.15, -0.1) is 0 Å². The van der Waals surface area contributed by atoms with Gasteiger partial charge in [-0.1, -0.05) is 35.9 Å². The van der Waals surface area contributed by atoms with Gasteiger partial charge in [0.25, 0.3) is 10.0 Å². The summed E-state index contributed by atoms with van der Waals surface area (Å²) >= 11 is 0. The first-order chi connectivity index (χ1) is 10.8. The Hall–Kier alpha value is -2.27. The number of para-hydroxylation sites is 1. The van der Waals surface area contributed by atoms with Gasteiger partial charge in [0.15, 0.2) is 0 Å². The molecular formula is C18H20N2O2S. The molecule has 0 unspecified atom stereocenters. The minimum Gasteiger partial charge on any atom is -0.330 e. The highest BCUT2D eigenvalue weighted by Gasteiger charge is 2.24. The summed E-state index contributed by atoms with van der Waals surface area (Å²) in [5, 5.41) is 1.04. The van der Waals surface area contributed by atoms with Gasteiger partial charge in [0.05, 0.1) is 10.4 Å². The van der Waals surface area contributed by atoms with E-state index in [-0.39, 0.29) is 0 Å². The van der Waals surface area contributed by atoms with Crippen LogP contribution in [0.1, 0.15) is 11.1 Å². The first-order valence-corrected chi connectivity index (χ1v) is 8.87. The molecule has 23 heavy (non-hydrogen) atoms. The predicted octanol–water partition coefficient (Wildman–Crippen LogP) is 3.62. The number of rotatable bonds is 3. The van der Waals surface area contributed by atoms with Gasteiger partial charge in [0.2, 0.25) is 0 Å². The summed E-state index contributed by atoms with van der Waals surface area (Å²) in [5.74, 6) is 0.648. The van der Waals surface area contributed by atoms with E-state index in [1.165, 1.54) is 4.31 Å². The normalized spacial score (nSPS) is 11.8. The quantitative estimate of drug-likeness (QED) is 0.737. The number of anilines is 1. The molecule has 4 nitrogen and oxygen atoms in total. The van der Waals surface area contributed by atoms with Gasteiger partial charge >= 0.3 is 0 Å². The van der Waals surface area contributed by atoms with E-state index in [2.05, 4.69) is 0 Å². The number of hydrogen-bond donors (Lipinski definition) is 0. The second-order valence-corrected chi connectivity index (χ2v) is 7.83. The molecule has 1 heterocycles. The Morgan fingerprint density at radius 2 is 1.65 bits per heavy atom. The summed E-state index contributed by atoms with van der Waals surface area (Å²) in [6.07, 6.45) is 0. The number of benzene rings is 2. The van der Waals surface area contributed by atoms with Crippen LogP contribution in [0.5, 0.6) is 0 Å². The van der Waals surface area contributed by atoms with Crippen molar-refractivity contribution in [2.24, 2.45) is 7.05 Å². The molecule has 0 aliphatic heterocycles. The lowest BCUT2D eigenvalue weighted by Gasteiger charge is -2.20. The second-order valence-electron chi connectivity index (χ2n) is 5.86. The molecule has 0 saturated carbocycles. The van der Waals surface area contributed by atoms with Gasteiger partial charge in [-0.3, -0.25) is 4.31 Å². The molecule has 3 aromatic rings. The maximum absolute atomic E-state index is 12.9. The van der Waals surface area contributed by atoms with E-state index in [0.29, 0.717) is 10.7 Å². The van der Waals surface area contributed by atoms with Crippen LogP contribution in [-0.4, -0.2) is 20.0 Å². The van der Waals surface area contributed by atoms with Crippen molar-refractivity contribution < 1.29 is 8.42 Å². The van der Waals surface area contributed by atoms with Crippen LogP contribution in [0.4, 0.5) is 5.82 Å². The number of fused-ring (bicyclic) bond motifs is 1. The molecule has 0 bridgehead atoms. The molecule has 0 aliphatic rings. The van der Waals surface area contributed by atoms with E-state index < -0.39 is 10.0 Å². The van der Waals surface area contributed by atoms with E-state index in [1.54, 1.807) is 19.2 Å². The zero-order chi connectivity index (χ0) is 16.8. The van der Waals surface area contributed by atoms with Gasteiger partial charge in [-0.2, -0.15) is 0 Å². The summed E-state index contributed by atoms with van der Waals surface area (Å²) in [6.45, 7) is 3.97. The zero-order valence-electron chi connectivity index (χ0n) is 13.7. The van der Waals surface area contributed by atoms with E-state index >= 15 is 0 Å². The Morgan fingerprint density at radius 3 is 2.26 bits per heavy atom. The average Bonchev–Trinajstić information content (AvgIpc) is 2.85. The van der Waals surface area contributed by atoms with E-state index in [0.717, 1.165) is 22.0 Å². The second kappa shape index (κ2) is 5.42. The van der Waals surface area contributed by atoms with Gasteiger partial charge in [-0.05, 0) is 37.6 Å².